The van der Waals surface area contributed by atoms with Crippen LogP contribution in [-0.2, 0) is 4.74 Å². The Morgan fingerprint density at radius 2 is 2.08 bits per heavy atom. The zero-order valence-corrected chi connectivity index (χ0v) is 15.8. The van der Waals surface area contributed by atoms with Crippen LogP contribution in [0, 0.1) is 0 Å². The molecular weight excluding hydrogens is 313 g/mol. The van der Waals surface area contributed by atoms with Gasteiger partial charge in [0.25, 0.3) is 0 Å². The number of nitrogens with two attached hydrogens (primary N) is 1. The number of hydrogen-bond acceptors (Lipinski definition) is 5. The number of rotatable bonds is 11. The van der Waals surface area contributed by atoms with E-state index in [2.05, 4.69) is 10.2 Å². The van der Waals surface area contributed by atoms with Crippen molar-refractivity contribution in [1.29, 1.82) is 0 Å². The van der Waals surface area contributed by atoms with Crippen molar-refractivity contribution >= 4 is 7.85 Å². The molecule has 0 bridgehead atoms. The number of likely N-dealkylation sites (N-methyl/N-ethyl adjacent to an activating group) is 1. The van der Waals surface area contributed by atoms with E-state index in [4.69, 9.17) is 18.3 Å². The monoisotopic (exact) mass is 345 g/mol. The predicted octanol–water partition coefficient (Wildman–Crippen LogP) is 2.41. The quantitative estimate of drug-likeness (QED) is 0.305. The average Bonchev–Trinajstić information content (AvgIpc) is 2.56. The summed E-state index contributed by atoms with van der Waals surface area (Å²) >= 11 is 0. The van der Waals surface area contributed by atoms with Gasteiger partial charge < -0.3 is 20.9 Å². The molecular formula is C19H32BN3O2. The molecule has 138 valence electrons. The highest BCUT2D eigenvalue weighted by atomic mass is 16.5. The zero-order chi connectivity index (χ0) is 18.7. The molecule has 25 heavy (non-hydrogen) atoms. The van der Waals surface area contributed by atoms with E-state index in [1.165, 1.54) is 5.57 Å². The lowest BCUT2D eigenvalue weighted by atomic mass is 9.96. The second kappa shape index (κ2) is 11.8. The van der Waals surface area contributed by atoms with Crippen molar-refractivity contribution < 1.29 is 9.84 Å². The Morgan fingerprint density at radius 1 is 1.36 bits per heavy atom. The third kappa shape index (κ3) is 7.84. The highest BCUT2D eigenvalue weighted by molar-refractivity contribution is 6.08. The molecule has 1 saturated heterocycles. The molecule has 0 amide bonds. The first-order valence-corrected chi connectivity index (χ1v) is 8.90. The first kappa shape index (κ1) is 21.4. The topological polar surface area (TPSA) is 70.8 Å². The third-order valence-corrected chi connectivity index (χ3v) is 4.23. The number of aliphatic hydroxyl groups excluding tert-OH is 1. The molecule has 0 unspecified atom stereocenters. The SMILES string of the molecule is [B]CCC(/C=C\C(=C\C)OC1CN(CC/C(=C/N)CNC)C1)=C(/C)O. The van der Waals surface area contributed by atoms with E-state index in [9.17, 15) is 5.11 Å². The van der Waals surface area contributed by atoms with Crippen molar-refractivity contribution in [3.63, 3.8) is 0 Å². The Balaban J connectivity index is 2.39. The van der Waals surface area contributed by atoms with Crippen LogP contribution in [0.25, 0.3) is 0 Å². The molecule has 1 heterocycles. The fourth-order valence-corrected chi connectivity index (χ4v) is 2.66. The van der Waals surface area contributed by atoms with E-state index >= 15 is 0 Å². The van der Waals surface area contributed by atoms with Gasteiger partial charge in [0.1, 0.15) is 11.9 Å². The van der Waals surface area contributed by atoms with Gasteiger partial charge in [-0.2, -0.15) is 0 Å². The number of nitrogens with one attached hydrogen (secondary N) is 1. The van der Waals surface area contributed by atoms with Crippen LogP contribution in [0.3, 0.4) is 0 Å². The molecule has 1 aliphatic heterocycles. The minimum Gasteiger partial charge on any atom is -0.512 e. The molecule has 0 aromatic heterocycles. The Hall–Kier alpha value is -1.66. The van der Waals surface area contributed by atoms with E-state index in [0.717, 1.165) is 43.9 Å². The van der Waals surface area contributed by atoms with Crippen molar-refractivity contribution in [3.8, 4) is 0 Å². The summed E-state index contributed by atoms with van der Waals surface area (Å²) in [4.78, 5) is 2.36. The van der Waals surface area contributed by atoms with E-state index in [-0.39, 0.29) is 6.10 Å². The number of nitrogens with zero attached hydrogens (tertiary/aromatic N) is 1. The summed E-state index contributed by atoms with van der Waals surface area (Å²) in [7, 11) is 7.49. The van der Waals surface area contributed by atoms with Gasteiger partial charge in [-0.3, -0.25) is 4.90 Å². The van der Waals surface area contributed by atoms with Gasteiger partial charge in [0, 0.05) is 26.2 Å². The van der Waals surface area contributed by atoms with Crippen LogP contribution in [0.4, 0.5) is 0 Å². The Morgan fingerprint density at radius 3 is 2.60 bits per heavy atom. The molecule has 2 radical (unpaired) electrons. The van der Waals surface area contributed by atoms with Crippen molar-refractivity contribution in [2.75, 3.05) is 33.2 Å². The molecule has 5 nitrogen and oxygen atoms in total. The Bertz CT molecular complexity index is 517. The Kier molecular flexibility index (Phi) is 10.1. The lowest BCUT2D eigenvalue weighted by Crippen LogP contribution is -2.52. The first-order chi connectivity index (χ1) is 12.0. The Labute approximate surface area is 153 Å². The zero-order valence-electron chi connectivity index (χ0n) is 15.8. The largest absolute Gasteiger partial charge is 0.512 e. The normalized spacial score (nSPS) is 18.4. The maximum absolute atomic E-state index is 9.65. The van der Waals surface area contributed by atoms with Gasteiger partial charge in [-0.05, 0) is 63.2 Å². The molecule has 4 N–H and O–H groups in total. The predicted molar refractivity (Wildman–Crippen MR) is 106 cm³/mol. The minimum atomic E-state index is 0.211. The molecule has 0 atom stereocenters. The summed E-state index contributed by atoms with van der Waals surface area (Å²) in [6.45, 7) is 7.30. The summed E-state index contributed by atoms with van der Waals surface area (Å²) in [6.07, 6.45) is 9.76. The third-order valence-electron chi connectivity index (χ3n) is 4.23. The molecule has 6 heteroatoms. The molecule has 0 aromatic rings. The second-order valence-corrected chi connectivity index (χ2v) is 6.28. The van der Waals surface area contributed by atoms with Gasteiger partial charge in [-0.25, -0.2) is 0 Å². The van der Waals surface area contributed by atoms with Crippen LogP contribution in [-0.4, -0.2) is 57.2 Å². The van der Waals surface area contributed by atoms with Crippen LogP contribution in [0.15, 0.2) is 47.1 Å². The van der Waals surface area contributed by atoms with Crippen molar-refractivity contribution in [3.05, 3.63) is 47.1 Å². The fraction of sp³-hybridized carbons (Fsp3) is 0.579. The fourth-order valence-electron chi connectivity index (χ4n) is 2.66. The van der Waals surface area contributed by atoms with Crippen LogP contribution in [0.2, 0.25) is 6.32 Å². The van der Waals surface area contributed by atoms with E-state index < -0.39 is 0 Å². The number of aliphatic hydroxyl groups is 1. The van der Waals surface area contributed by atoms with Gasteiger partial charge in [0.05, 0.1) is 13.6 Å². The molecule has 1 fully saturated rings. The number of hydrogen-bond donors (Lipinski definition) is 3. The lowest BCUT2D eigenvalue weighted by Gasteiger charge is -2.39. The van der Waals surface area contributed by atoms with Crippen molar-refractivity contribution in [1.82, 2.24) is 10.2 Å². The maximum atomic E-state index is 9.65. The minimum absolute atomic E-state index is 0.211. The van der Waals surface area contributed by atoms with Crippen molar-refractivity contribution in [2.24, 2.45) is 5.73 Å². The average molecular weight is 345 g/mol. The molecule has 1 rings (SSSR count). The van der Waals surface area contributed by atoms with Crippen LogP contribution < -0.4 is 11.1 Å². The highest BCUT2D eigenvalue weighted by Gasteiger charge is 2.28. The number of allylic oxidation sites excluding steroid dienone is 5. The van der Waals surface area contributed by atoms with Gasteiger partial charge in [0.15, 0.2) is 0 Å². The van der Waals surface area contributed by atoms with Gasteiger partial charge in [0.2, 0.25) is 0 Å². The van der Waals surface area contributed by atoms with Crippen molar-refractivity contribution in [2.45, 2.75) is 39.1 Å². The van der Waals surface area contributed by atoms with Crippen LogP contribution >= 0.6 is 0 Å². The summed E-state index contributed by atoms with van der Waals surface area (Å²) in [5.41, 5.74) is 7.69. The van der Waals surface area contributed by atoms with Gasteiger partial charge in [-0.15, -0.1) is 0 Å². The number of likely N-dealkylation sites (tertiary alicyclic amines) is 1. The van der Waals surface area contributed by atoms with E-state index in [0.29, 0.717) is 18.5 Å². The first-order valence-electron chi connectivity index (χ1n) is 8.90. The molecule has 0 aliphatic carbocycles. The molecule has 0 saturated carbocycles. The lowest BCUT2D eigenvalue weighted by molar-refractivity contribution is -0.0168. The summed E-state index contributed by atoms with van der Waals surface area (Å²) in [5.74, 6) is 1.12. The van der Waals surface area contributed by atoms with Crippen LogP contribution in [0.5, 0.6) is 0 Å². The van der Waals surface area contributed by atoms with E-state index in [1.807, 2.05) is 32.2 Å². The van der Waals surface area contributed by atoms with Crippen LogP contribution in [0.1, 0.15) is 26.7 Å². The van der Waals surface area contributed by atoms with Gasteiger partial charge in [-0.1, -0.05) is 12.4 Å². The summed E-state index contributed by atoms with van der Waals surface area (Å²) in [6, 6.07) is 0. The second-order valence-electron chi connectivity index (χ2n) is 6.28. The maximum Gasteiger partial charge on any atom is 0.124 e. The summed E-state index contributed by atoms with van der Waals surface area (Å²) in [5, 5.41) is 12.8. The molecule has 0 aromatic carbocycles. The van der Waals surface area contributed by atoms with Gasteiger partial charge >= 0.3 is 0 Å². The van der Waals surface area contributed by atoms with E-state index in [1.54, 1.807) is 13.1 Å². The summed E-state index contributed by atoms with van der Waals surface area (Å²) < 4.78 is 6.00. The molecule has 0 spiro atoms. The molecule has 1 aliphatic rings. The standard InChI is InChI=1S/C19H32BN3O2/c1-4-18(6-5-17(7-9-20)15(2)24)25-19-13-23(14-19)10-8-16(11-21)12-22-3/h4-6,11,19,22,24H,7-10,12-14,21H2,1-3H3/b6-5-,16-11-,17-15-,18-4-. The highest BCUT2D eigenvalue weighted by Crippen LogP contribution is 2.18. The smallest absolute Gasteiger partial charge is 0.124 e. The number of ether oxygens (including phenoxy) is 1.